The van der Waals surface area contributed by atoms with Crippen LogP contribution in [0.25, 0.3) is 0 Å². The maximum absolute atomic E-state index is 12.0. The van der Waals surface area contributed by atoms with E-state index in [0.29, 0.717) is 12.3 Å². The van der Waals surface area contributed by atoms with Gasteiger partial charge in [0.15, 0.2) is 0 Å². The molecule has 1 aromatic rings. The first kappa shape index (κ1) is 15.0. The van der Waals surface area contributed by atoms with Crippen LogP contribution in [0.4, 0.5) is 0 Å². The van der Waals surface area contributed by atoms with Crippen molar-refractivity contribution in [3.8, 4) is 0 Å². The molecule has 2 rings (SSSR count). The third-order valence-electron chi connectivity index (χ3n) is 4.17. The number of amides is 1. The van der Waals surface area contributed by atoms with Crippen LogP contribution in [0.1, 0.15) is 55.5 Å². The van der Waals surface area contributed by atoms with Gasteiger partial charge in [0.25, 0.3) is 0 Å². The van der Waals surface area contributed by atoms with E-state index in [1.807, 2.05) is 6.92 Å². The van der Waals surface area contributed by atoms with Gasteiger partial charge in [-0.05, 0) is 26.7 Å². The van der Waals surface area contributed by atoms with Crippen LogP contribution < -0.4 is 5.32 Å². The molecule has 1 heterocycles. The van der Waals surface area contributed by atoms with Gasteiger partial charge in [0, 0.05) is 12.1 Å². The van der Waals surface area contributed by atoms with Gasteiger partial charge in [0.05, 0.1) is 17.7 Å². The van der Waals surface area contributed by atoms with Crippen LogP contribution in [0.15, 0.2) is 4.52 Å². The lowest BCUT2D eigenvalue weighted by atomic mass is 9.94. The minimum Gasteiger partial charge on any atom is -0.388 e. The van der Waals surface area contributed by atoms with Crippen molar-refractivity contribution < 1.29 is 14.4 Å². The highest BCUT2D eigenvalue weighted by Crippen LogP contribution is 2.26. The van der Waals surface area contributed by atoms with Crippen molar-refractivity contribution in [1.82, 2.24) is 10.5 Å². The third-order valence-corrected chi connectivity index (χ3v) is 4.17. The second kappa shape index (κ2) is 6.39. The summed E-state index contributed by atoms with van der Waals surface area (Å²) in [6.45, 7) is 3.98. The number of carbonyl (C=O) groups is 1. The quantitative estimate of drug-likeness (QED) is 0.828. The first-order valence-electron chi connectivity index (χ1n) is 7.41. The molecule has 1 saturated carbocycles. The zero-order valence-corrected chi connectivity index (χ0v) is 12.4. The number of nitrogens with zero attached hydrogens (tertiary/aromatic N) is 1. The van der Waals surface area contributed by atoms with Crippen LogP contribution in [0.5, 0.6) is 0 Å². The molecule has 1 aliphatic rings. The third kappa shape index (κ3) is 3.82. The lowest BCUT2D eigenvalue weighted by Crippen LogP contribution is -2.43. The molecule has 112 valence electrons. The number of aryl methyl sites for hydroxylation is 2. The lowest BCUT2D eigenvalue weighted by Gasteiger charge is -2.26. The van der Waals surface area contributed by atoms with Gasteiger partial charge in [0.1, 0.15) is 5.76 Å². The van der Waals surface area contributed by atoms with Crippen LogP contribution in [0.2, 0.25) is 0 Å². The summed E-state index contributed by atoms with van der Waals surface area (Å²) in [4.78, 5) is 12.0. The van der Waals surface area contributed by atoms with E-state index in [4.69, 9.17) is 4.52 Å². The Morgan fingerprint density at radius 1 is 1.30 bits per heavy atom. The van der Waals surface area contributed by atoms with Crippen molar-refractivity contribution in [2.75, 3.05) is 6.54 Å². The summed E-state index contributed by atoms with van der Waals surface area (Å²) in [7, 11) is 0. The van der Waals surface area contributed by atoms with Crippen LogP contribution in [-0.4, -0.2) is 28.3 Å². The summed E-state index contributed by atoms with van der Waals surface area (Å²) < 4.78 is 5.05. The standard InChI is InChI=1S/C15H24N2O3/c1-11-13(12(2)20-17-11)9-14(18)16-10-15(19)7-5-3-4-6-8-15/h19H,3-10H2,1-2H3,(H,16,18). The number of hydrogen-bond acceptors (Lipinski definition) is 4. The Labute approximate surface area is 119 Å². The SMILES string of the molecule is Cc1noc(C)c1CC(=O)NCC1(O)CCCCCC1. The van der Waals surface area contributed by atoms with E-state index in [9.17, 15) is 9.90 Å². The highest BCUT2D eigenvalue weighted by molar-refractivity contribution is 5.79. The second-order valence-corrected chi connectivity index (χ2v) is 5.89. The lowest BCUT2D eigenvalue weighted by molar-refractivity contribution is -0.121. The minimum atomic E-state index is -0.731. The highest BCUT2D eigenvalue weighted by Gasteiger charge is 2.28. The van der Waals surface area contributed by atoms with E-state index in [0.717, 1.165) is 36.9 Å². The van der Waals surface area contributed by atoms with Crippen LogP contribution in [0, 0.1) is 13.8 Å². The molecule has 2 N–H and O–H groups in total. The summed E-state index contributed by atoms with van der Waals surface area (Å²) in [5.74, 6) is 0.600. The average molecular weight is 280 g/mol. The Morgan fingerprint density at radius 3 is 2.50 bits per heavy atom. The van der Waals surface area contributed by atoms with Gasteiger partial charge in [-0.3, -0.25) is 4.79 Å². The maximum Gasteiger partial charge on any atom is 0.224 e. The van der Waals surface area contributed by atoms with Crippen molar-refractivity contribution in [2.24, 2.45) is 0 Å². The van der Waals surface area contributed by atoms with E-state index in [1.165, 1.54) is 12.8 Å². The predicted molar refractivity (Wildman–Crippen MR) is 75.3 cm³/mol. The fraction of sp³-hybridized carbons (Fsp3) is 0.733. The first-order valence-corrected chi connectivity index (χ1v) is 7.41. The first-order chi connectivity index (χ1) is 9.50. The molecule has 1 fully saturated rings. The molecule has 0 spiro atoms. The number of aromatic nitrogens is 1. The van der Waals surface area contributed by atoms with Gasteiger partial charge in [-0.15, -0.1) is 0 Å². The Bertz CT molecular complexity index is 440. The molecule has 0 bridgehead atoms. The van der Waals surface area contributed by atoms with Gasteiger partial charge in [-0.1, -0.05) is 30.8 Å². The number of rotatable bonds is 4. The van der Waals surface area contributed by atoms with E-state index in [2.05, 4.69) is 10.5 Å². The topological polar surface area (TPSA) is 75.4 Å². The Balaban J connectivity index is 1.85. The highest BCUT2D eigenvalue weighted by atomic mass is 16.5. The Kier molecular flexibility index (Phi) is 4.81. The molecule has 0 saturated heterocycles. The number of nitrogens with one attached hydrogen (secondary N) is 1. The molecule has 20 heavy (non-hydrogen) atoms. The van der Waals surface area contributed by atoms with Gasteiger partial charge in [-0.2, -0.15) is 0 Å². The van der Waals surface area contributed by atoms with Crippen LogP contribution >= 0.6 is 0 Å². The summed E-state index contributed by atoms with van der Waals surface area (Å²) in [5.41, 5.74) is 0.867. The number of carbonyl (C=O) groups excluding carboxylic acids is 1. The van der Waals surface area contributed by atoms with Crippen molar-refractivity contribution in [3.63, 3.8) is 0 Å². The molecule has 0 aromatic carbocycles. The molecule has 0 unspecified atom stereocenters. The average Bonchev–Trinajstić information content (AvgIpc) is 2.63. The molecule has 0 atom stereocenters. The largest absolute Gasteiger partial charge is 0.388 e. The molecule has 5 nitrogen and oxygen atoms in total. The molecular weight excluding hydrogens is 256 g/mol. The summed E-state index contributed by atoms with van der Waals surface area (Å²) in [5, 5.41) is 17.2. The van der Waals surface area contributed by atoms with Crippen LogP contribution in [-0.2, 0) is 11.2 Å². The van der Waals surface area contributed by atoms with Crippen molar-refractivity contribution in [3.05, 3.63) is 17.0 Å². The van der Waals surface area contributed by atoms with E-state index >= 15 is 0 Å². The molecule has 1 aromatic heterocycles. The second-order valence-electron chi connectivity index (χ2n) is 5.89. The van der Waals surface area contributed by atoms with Crippen LogP contribution in [0.3, 0.4) is 0 Å². The molecule has 0 radical (unpaired) electrons. The van der Waals surface area contributed by atoms with Gasteiger partial charge in [0.2, 0.25) is 5.91 Å². The molecule has 5 heteroatoms. The summed E-state index contributed by atoms with van der Waals surface area (Å²) in [6.07, 6.45) is 6.24. The maximum atomic E-state index is 12.0. The Morgan fingerprint density at radius 2 is 1.95 bits per heavy atom. The van der Waals surface area contributed by atoms with Gasteiger partial charge < -0.3 is 14.9 Å². The zero-order valence-electron chi connectivity index (χ0n) is 12.4. The van der Waals surface area contributed by atoms with Crippen molar-refractivity contribution >= 4 is 5.91 Å². The van der Waals surface area contributed by atoms with Gasteiger partial charge in [-0.25, -0.2) is 0 Å². The normalized spacial score (nSPS) is 18.6. The fourth-order valence-electron chi connectivity index (χ4n) is 2.80. The van der Waals surface area contributed by atoms with E-state index in [-0.39, 0.29) is 12.3 Å². The molecule has 0 aliphatic heterocycles. The smallest absolute Gasteiger partial charge is 0.224 e. The molecule has 1 amide bonds. The van der Waals surface area contributed by atoms with Crippen molar-refractivity contribution in [2.45, 2.75) is 64.4 Å². The zero-order chi connectivity index (χ0) is 14.6. The van der Waals surface area contributed by atoms with E-state index < -0.39 is 5.60 Å². The number of aliphatic hydroxyl groups is 1. The fourth-order valence-corrected chi connectivity index (χ4v) is 2.80. The number of hydrogen-bond donors (Lipinski definition) is 2. The molecule has 1 aliphatic carbocycles. The summed E-state index contributed by atoms with van der Waals surface area (Å²) >= 11 is 0. The predicted octanol–water partition coefficient (Wildman–Crippen LogP) is 2.04. The summed E-state index contributed by atoms with van der Waals surface area (Å²) in [6, 6.07) is 0. The monoisotopic (exact) mass is 280 g/mol. The van der Waals surface area contributed by atoms with Crippen molar-refractivity contribution in [1.29, 1.82) is 0 Å². The Hall–Kier alpha value is -1.36. The van der Waals surface area contributed by atoms with Gasteiger partial charge >= 0.3 is 0 Å². The van der Waals surface area contributed by atoms with E-state index in [1.54, 1.807) is 6.92 Å². The minimum absolute atomic E-state index is 0.0860. The molecular formula is C15H24N2O3.